The summed E-state index contributed by atoms with van der Waals surface area (Å²) >= 11 is 0. The number of rotatable bonds is 2. The molecule has 0 heterocycles. The van der Waals surface area contributed by atoms with Gasteiger partial charge in [0.1, 0.15) is 0 Å². The van der Waals surface area contributed by atoms with Gasteiger partial charge in [-0.05, 0) is 36.0 Å². The van der Waals surface area contributed by atoms with Gasteiger partial charge in [-0.3, -0.25) is 0 Å². The van der Waals surface area contributed by atoms with Gasteiger partial charge in [-0.1, -0.05) is 52.8 Å². The Bertz CT molecular complexity index is 259. The summed E-state index contributed by atoms with van der Waals surface area (Å²) in [6.45, 7) is 12.9. The van der Waals surface area contributed by atoms with Crippen molar-refractivity contribution < 1.29 is 0 Å². The minimum Gasteiger partial charge on any atom is -0.0683 e. The summed E-state index contributed by atoms with van der Waals surface area (Å²) in [6, 6.07) is 6.80. The van der Waals surface area contributed by atoms with Crippen molar-refractivity contribution in [1.82, 2.24) is 0 Å². The van der Waals surface area contributed by atoms with Gasteiger partial charge in [0.2, 0.25) is 0 Å². The predicted molar refractivity (Wildman–Crippen MR) is 66.0 cm³/mol. The van der Waals surface area contributed by atoms with Crippen molar-refractivity contribution in [2.75, 3.05) is 0 Å². The molecule has 0 bridgehead atoms. The highest BCUT2D eigenvalue weighted by molar-refractivity contribution is 5.32. The second kappa shape index (κ2) is 6.64. The summed E-state index contributed by atoms with van der Waals surface area (Å²) in [5.74, 6) is 0.649. The molecule has 0 aliphatic heterocycles. The first-order valence-electron chi connectivity index (χ1n) is 5.74. The van der Waals surface area contributed by atoms with Crippen LogP contribution in [0.1, 0.15) is 57.2 Å². The first-order valence-corrected chi connectivity index (χ1v) is 5.74. The number of hydrogen-bond donors (Lipinski definition) is 0. The van der Waals surface area contributed by atoms with Crippen LogP contribution in [-0.2, 0) is 6.42 Å². The van der Waals surface area contributed by atoms with Crippen LogP contribution >= 0.6 is 0 Å². The van der Waals surface area contributed by atoms with E-state index < -0.39 is 0 Å². The highest BCUT2D eigenvalue weighted by Crippen LogP contribution is 2.19. The molecular formula is C14H24. The second-order valence-electron chi connectivity index (χ2n) is 3.70. The number of aryl methyl sites for hydroxylation is 2. The van der Waals surface area contributed by atoms with E-state index in [1.807, 2.05) is 13.8 Å². The van der Waals surface area contributed by atoms with Crippen LogP contribution in [-0.4, -0.2) is 0 Å². The molecule has 80 valence electrons. The maximum absolute atomic E-state index is 2.30. The summed E-state index contributed by atoms with van der Waals surface area (Å²) in [6.07, 6.45) is 1.14. The standard InChI is InChI=1S/C12H18.C2H6/c1-5-11-6-7-12(9(2)3)10(4)8-11;1-2/h6-9H,5H2,1-4H3;1-2H3. The SMILES string of the molecule is CC.CCc1ccc(C(C)C)c(C)c1. The van der Waals surface area contributed by atoms with E-state index in [4.69, 9.17) is 0 Å². The van der Waals surface area contributed by atoms with Crippen molar-refractivity contribution in [1.29, 1.82) is 0 Å². The lowest BCUT2D eigenvalue weighted by atomic mass is 9.96. The van der Waals surface area contributed by atoms with Crippen LogP contribution in [0.4, 0.5) is 0 Å². The van der Waals surface area contributed by atoms with E-state index in [9.17, 15) is 0 Å². The zero-order valence-corrected chi connectivity index (χ0v) is 10.5. The molecule has 0 radical (unpaired) electrons. The van der Waals surface area contributed by atoms with Gasteiger partial charge in [0.15, 0.2) is 0 Å². The molecule has 0 aliphatic carbocycles. The maximum Gasteiger partial charge on any atom is -0.0216 e. The van der Waals surface area contributed by atoms with Gasteiger partial charge in [0.05, 0.1) is 0 Å². The third-order valence-electron chi connectivity index (χ3n) is 2.36. The van der Waals surface area contributed by atoms with Crippen molar-refractivity contribution in [3.63, 3.8) is 0 Å². The van der Waals surface area contributed by atoms with E-state index in [1.165, 1.54) is 16.7 Å². The van der Waals surface area contributed by atoms with E-state index in [1.54, 1.807) is 0 Å². The minimum absolute atomic E-state index is 0.649. The topological polar surface area (TPSA) is 0 Å². The quantitative estimate of drug-likeness (QED) is 0.636. The van der Waals surface area contributed by atoms with E-state index in [-0.39, 0.29) is 0 Å². The summed E-state index contributed by atoms with van der Waals surface area (Å²) in [4.78, 5) is 0. The van der Waals surface area contributed by atoms with Crippen LogP contribution in [0.2, 0.25) is 0 Å². The Morgan fingerprint density at radius 2 is 1.71 bits per heavy atom. The van der Waals surface area contributed by atoms with Crippen molar-refractivity contribution >= 4 is 0 Å². The molecule has 0 nitrogen and oxygen atoms in total. The Labute approximate surface area is 89.4 Å². The summed E-state index contributed by atoms with van der Waals surface area (Å²) < 4.78 is 0. The normalized spacial score (nSPS) is 9.64. The molecule has 0 aliphatic rings. The molecule has 0 saturated carbocycles. The van der Waals surface area contributed by atoms with E-state index in [0.29, 0.717) is 5.92 Å². The molecular weight excluding hydrogens is 168 g/mol. The van der Waals surface area contributed by atoms with Crippen LogP contribution in [0.15, 0.2) is 18.2 Å². The first kappa shape index (κ1) is 13.2. The summed E-state index contributed by atoms with van der Waals surface area (Å²) in [5, 5.41) is 0. The highest BCUT2D eigenvalue weighted by Gasteiger charge is 2.02. The van der Waals surface area contributed by atoms with Gasteiger partial charge in [-0.2, -0.15) is 0 Å². The molecule has 1 aromatic rings. The predicted octanol–water partition coefficient (Wildman–Crippen LogP) is 4.71. The molecule has 0 atom stereocenters. The van der Waals surface area contributed by atoms with Crippen LogP contribution < -0.4 is 0 Å². The average Bonchev–Trinajstić information content (AvgIpc) is 2.20. The summed E-state index contributed by atoms with van der Waals surface area (Å²) in [7, 11) is 0. The van der Waals surface area contributed by atoms with Crippen LogP contribution in [0, 0.1) is 6.92 Å². The Balaban J connectivity index is 0.000000791. The Kier molecular flexibility index (Phi) is 6.27. The van der Waals surface area contributed by atoms with Gasteiger partial charge < -0.3 is 0 Å². The third kappa shape index (κ3) is 3.53. The van der Waals surface area contributed by atoms with Crippen LogP contribution in [0.3, 0.4) is 0 Å². The number of hydrogen-bond acceptors (Lipinski definition) is 0. The minimum atomic E-state index is 0.649. The monoisotopic (exact) mass is 192 g/mol. The Hall–Kier alpha value is -0.780. The molecule has 0 N–H and O–H groups in total. The largest absolute Gasteiger partial charge is 0.0683 e. The first-order chi connectivity index (χ1) is 6.65. The lowest BCUT2D eigenvalue weighted by molar-refractivity contribution is 0.854. The van der Waals surface area contributed by atoms with Crippen LogP contribution in [0.5, 0.6) is 0 Å². The molecule has 1 aromatic carbocycles. The molecule has 0 unspecified atom stereocenters. The lowest BCUT2D eigenvalue weighted by Gasteiger charge is -2.10. The van der Waals surface area contributed by atoms with Crippen molar-refractivity contribution in [3.8, 4) is 0 Å². The fraction of sp³-hybridized carbons (Fsp3) is 0.571. The third-order valence-corrected chi connectivity index (χ3v) is 2.36. The molecule has 0 aromatic heterocycles. The molecule has 14 heavy (non-hydrogen) atoms. The van der Waals surface area contributed by atoms with Gasteiger partial charge >= 0.3 is 0 Å². The van der Waals surface area contributed by atoms with Crippen molar-refractivity contribution in [2.24, 2.45) is 0 Å². The molecule has 0 heteroatoms. The molecule has 0 fully saturated rings. The Morgan fingerprint density at radius 1 is 1.14 bits per heavy atom. The van der Waals surface area contributed by atoms with Gasteiger partial charge in [0, 0.05) is 0 Å². The molecule has 0 spiro atoms. The fourth-order valence-corrected chi connectivity index (χ4v) is 1.61. The Morgan fingerprint density at radius 3 is 2.07 bits per heavy atom. The van der Waals surface area contributed by atoms with Gasteiger partial charge in [0.25, 0.3) is 0 Å². The van der Waals surface area contributed by atoms with E-state index in [2.05, 4.69) is 45.9 Å². The van der Waals surface area contributed by atoms with E-state index in [0.717, 1.165) is 6.42 Å². The van der Waals surface area contributed by atoms with Crippen LogP contribution in [0.25, 0.3) is 0 Å². The zero-order valence-electron chi connectivity index (χ0n) is 10.5. The summed E-state index contributed by atoms with van der Waals surface area (Å²) in [5.41, 5.74) is 4.36. The van der Waals surface area contributed by atoms with Gasteiger partial charge in [-0.15, -0.1) is 0 Å². The molecule has 1 rings (SSSR count). The fourth-order valence-electron chi connectivity index (χ4n) is 1.61. The van der Waals surface area contributed by atoms with Gasteiger partial charge in [-0.25, -0.2) is 0 Å². The van der Waals surface area contributed by atoms with Crippen molar-refractivity contribution in [3.05, 3.63) is 34.9 Å². The highest BCUT2D eigenvalue weighted by atomic mass is 14.1. The second-order valence-corrected chi connectivity index (χ2v) is 3.70. The average molecular weight is 192 g/mol. The zero-order chi connectivity index (χ0) is 11.1. The number of benzene rings is 1. The van der Waals surface area contributed by atoms with Crippen molar-refractivity contribution in [2.45, 2.75) is 53.9 Å². The maximum atomic E-state index is 2.30. The smallest absolute Gasteiger partial charge is 0.0216 e. The molecule has 0 amide bonds. The molecule has 0 saturated heterocycles. The van der Waals surface area contributed by atoms with E-state index >= 15 is 0 Å². The lowest BCUT2D eigenvalue weighted by Crippen LogP contribution is -1.93.